The van der Waals surface area contributed by atoms with Gasteiger partial charge >= 0.3 is 0 Å². The summed E-state index contributed by atoms with van der Waals surface area (Å²) in [5.74, 6) is 0.191. The molecule has 0 unspecified atom stereocenters. The molecule has 0 N–H and O–H groups in total. The molecule has 0 aromatic heterocycles. The zero-order chi connectivity index (χ0) is 12.3. The lowest BCUT2D eigenvalue weighted by Gasteiger charge is -2.05. The third kappa shape index (κ3) is 3.27. The van der Waals surface area contributed by atoms with E-state index in [4.69, 9.17) is 0 Å². The van der Waals surface area contributed by atoms with Crippen molar-refractivity contribution in [2.45, 2.75) is 13.3 Å². The van der Waals surface area contributed by atoms with E-state index in [1.165, 1.54) is 0 Å². The van der Waals surface area contributed by atoms with E-state index in [0.29, 0.717) is 6.42 Å². The summed E-state index contributed by atoms with van der Waals surface area (Å²) in [6, 6.07) is 16.3. The molecule has 0 fully saturated rings. The van der Waals surface area contributed by atoms with Gasteiger partial charge in [-0.2, -0.15) is 0 Å². The van der Waals surface area contributed by atoms with Gasteiger partial charge in [0.15, 0.2) is 0 Å². The van der Waals surface area contributed by atoms with E-state index >= 15 is 0 Å². The highest BCUT2D eigenvalue weighted by molar-refractivity contribution is 9.10. The van der Waals surface area contributed by atoms with Gasteiger partial charge in [0.2, 0.25) is 0 Å². The molecule has 0 aliphatic carbocycles. The van der Waals surface area contributed by atoms with Crippen molar-refractivity contribution in [3.8, 4) is 11.1 Å². The standard InChI is InChI=1S/C15H13BrO/c1-11(17)8-12-4-2-5-13(9-12)14-6-3-7-15(16)10-14/h2-7,9-10H,8H2,1H3. The molecule has 0 radical (unpaired) electrons. The van der Waals surface area contributed by atoms with Gasteiger partial charge in [0, 0.05) is 10.9 Å². The largest absolute Gasteiger partial charge is 0.300 e. The number of halogens is 1. The van der Waals surface area contributed by atoms with Crippen LogP contribution in [0.1, 0.15) is 12.5 Å². The second kappa shape index (κ2) is 5.28. The van der Waals surface area contributed by atoms with Gasteiger partial charge in [-0.1, -0.05) is 52.3 Å². The van der Waals surface area contributed by atoms with Crippen LogP contribution in [0.15, 0.2) is 53.0 Å². The monoisotopic (exact) mass is 288 g/mol. The minimum atomic E-state index is 0.191. The first kappa shape index (κ1) is 12.1. The van der Waals surface area contributed by atoms with Gasteiger partial charge in [0.05, 0.1) is 0 Å². The Morgan fingerprint density at radius 2 is 1.71 bits per heavy atom. The molecular formula is C15H13BrO. The van der Waals surface area contributed by atoms with Crippen molar-refractivity contribution >= 4 is 21.7 Å². The van der Waals surface area contributed by atoms with Crippen LogP contribution in [0, 0.1) is 0 Å². The predicted octanol–water partition coefficient (Wildman–Crippen LogP) is 4.25. The minimum absolute atomic E-state index is 0.191. The van der Waals surface area contributed by atoms with Crippen LogP contribution in [0.5, 0.6) is 0 Å². The Morgan fingerprint density at radius 3 is 2.35 bits per heavy atom. The van der Waals surface area contributed by atoms with E-state index in [1.807, 2.05) is 24.3 Å². The number of rotatable bonds is 3. The van der Waals surface area contributed by atoms with Crippen molar-refractivity contribution < 1.29 is 4.79 Å². The molecule has 1 nitrogen and oxygen atoms in total. The number of hydrogen-bond donors (Lipinski definition) is 0. The molecule has 0 bridgehead atoms. The first-order chi connectivity index (χ1) is 8.15. The van der Waals surface area contributed by atoms with Crippen molar-refractivity contribution in [2.24, 2.45) is 0 Å². The second-order valence-electron chi connectivity index (χ2n) is 4.09. The van der Waals surface area contributed by atoms with Crippen LogP contribution in [-0.4, -0.2) is 5.78 Å². The van der Waals surface area contributed by atoms with E-state index in [-0.39, 0.29) is 5.78 Å². The molecule has 0 atom stereocenters. The molecule has 0 saturated heterocycles. The van der Waals surface area contributed by atoms with Crippen molar-refractivity contribution in [3.05, 3.63) is 58.6 Å². The molecule has 0 heterocycles. The fourth-order valence-electron chi connectivity index (χ4n) is 1.82. The molecule has 2 aromatic carbocycles. The molecule has 17 heavy (non-hydrogen) atoms. The topological polar surface area (TPSA) is 17.1 Å². The highest BCUT2D eigenvalue weighted by Crippen LogP contribution is 2.23. The van der Waals surface area contributed by atoms with E-state index < -0.39 is 0 Å². The Kier molecular flexibility index (Phi) is 3.75. The predicted molar refractivity (Wildman–Crippen MR) is 74.0 cm³/mol. The molecule has 86 valence electrons. The summed E-state index contributed by atoms with van der Waals surface area (Å²) >= 11 is 3.46. The van der Waals surface area contributed by atoms with Crippen molar-refractivity contribution in [3.63, 3.8) is 0 Å². The van der Waals surface area contributed by atoms with Crippen LogP contribution in [0.4, 0.5) is 0 Å². The van der Waals surface area contributed by atoms with Crippen LogP contribution in [0.3, 0.4) is 0 Å². The van der Waals surface area contributed by atoms with Gasteiger partial charge < -0.3 is 0 Å². The Hall–Kier alpha value is -1.41. The number of hydrogen-bond acceptors (Lipinski definition) is 1. The summed E-state index contributed by atoms with van der Waals surface area (Å²) in [7, 11) is 0. The van der Waals surface area contributed by atoms with E-state index in [9.17, 15) is 4.79 Å². The first-order valence-electron chi connectivity index (χ1n) is 5.49. The Labute approximate surface area is 110 Å². The number of benzene rings is 2. The average Bonchev–Trinajstić information content (AvgIpc) is 2.28. The summed E-state index contributed by atoms with van der Waals surface area (Å²) in [6.45, 7) is 1.62. The average molecular weight is 289 g/mol. The quantitative estimate of drug-likeness (QED) is 0.825. The molecule has 0 saturated carbocycles. The van der Waals surface area contributed by atoms with Gasteiger partial charge in [0.1, 0.15) is 5.78 Å². The van der Waals surface area contributed by atoms with Gasteiger partial charge in [0.25, 0.3) is 0 Å². The van der Waals surface area contributed by atoms with E-state index in [2.05, 4.69) is 40.2 Å². The summed E-state index contributed by atoms with van der Waals surface area (Å²) in [5.41, 5.74) is 3.37. The Morgan fingerprint density at radius 1 is 1.06 bits per heavy atom. The van der Waals surface area contributed by atoms with Crippen LogP contribution in [0.2, 0.25) is 0 Å². The molecule has 0 amide bonds. The SMILES string of the molecule is CC(=O)Cc1cccc(-c2cccc(Br)c2)c1. The van der Waals surface area contributed by atoms with Gasteiger partial charge in [-0.3, -0.25) is 4.79 Å². The second-order valence-corrected chi connectivity index (χ2v) is 5.01. The molecule has 0 aliphatic heterocycles. The summed E-state index contributed by atoms with van der Waals surface area (Å²) < 4.78 is 1.06. The molecular weight excluding hydrogens is 276 g/mol. The molecule has 0 spiro atoms. The normalized spacial score (nSPS) is 10.2. The highest BCUT2D eigenvalue weighted by atomic mass is 79.9. The lowest BCUT2D eigenvalue weighted by Crippen LogP contribution is -1.96. The summed E-state index contributed by atoms with van der Waals surface area (Å²) in [4.78, 5) is 11.1. The van der Waals surface area contributed by atoms with Crippen LogP contribution in [0.25, 0.3) is 11.1 Å². The maximum absolute atomic E-state index is 11.1. The molecule has 2 aromatic rings. The smallest absolute Gasteiger partial charge is 0.134 e. The highest BCUT2D eigenvalue weighted by Gasteiger charge is 2.01. The maximum Gasteiger partial charge on any atom is 0.134 e. The maximum atomic E-state index is 11.1. The Bertz CT molecular complexity index is 546. The fraction of sp³-hybridized carbons (Fsp3) is 0.133. The van der Waals surface area contributed by atoms with E-state index in [0.717, 1.165) is 21.2 Å². The fourth-order valence-corrected chi connectivity index (χ4v) is 2.22. The zero-order valence-corrected chi connectivity index (χ0v) is 11.2. The number of ketones is 1. The van der Waals surface area contributed by atoms with Crippen molar-refractivity contribution in [2.75, 3.05) is 0 Å². The van der Waals surface area contributed by atoms with Crippen molar-refractivity contribution in [1.29, 1.82) is 0 Å². The van der Waals surface area contributed by atoms with Gasteiger partial charge in [-0.15, -0.1) is 0 Å². The third-order valence-corrected chi connectivity index (χ3v) is 3.03. The van der Waals surface area contributed by atoms with Crippen molar-refractivity contribution in [1.82, 2.24) is 0 Å². The van der Waals surface area contributed by atoms with Crippen LogP contribution < -0.4 is 0 Å². The first-order valence-corrected chi connectivity index (χ1v) is 6.29. The number of Topliss-reactive ketones (excluding diaryl/α,β-unsaturated/α-hetero) is 1. The van der Waals surface area contributed by atoms with Gasteiger partial charge in [-0.05, 0) is 35.7 Å². The lowest BCUT2D eigenvalue weighted by molar-refractivity contribution is -0.116. The zero-order valence-electron chi connectivity index (χ0n) is 9.61. The number of carbonyl (C=O) groups excluding carboxylic acids is 1. The Balaban J connectivity index is 2.36. The van der Waals surface area contributed by atoms with Gasteiger partial charge in [-0.25, -0.2) is 0 Å². The van der Waals surface area contributed by atoms with Crippen LogP contribution >= 0.6 is 15.9 Å². The molecule has 0 aliphatic rings. The van der Waals surface area contributed by atoms with Crippen LogP contribution in [-0.2, 0) is 11.2 Å². The summed E-state index contributed by atoms with van der Waals surface area (Å²) in [6.07, 6.45) is 0.502. The third-order valence-electron chi connectivity index (χ3n) is 2.54. The lowest BCUT2D eigenvalue weighted by atomic mass is 10.0. The molecule has 2 heteroatoms. The summed E-state index contributed by atoms with van der Waals surface area (Å²) in [5, 5.41) is 0. The molecule has 2 rings (SSSR count). The number of carbonyl (C=O) groups is 1. The van der Waals surface area contributed by atoms with E-state index in [1.54, 1.807) is 6.92 Å². The minimum Gasteiger partial charge on any atom is -0.300 e.